The van der Waals surface area contributed by atoms with E-state index in [-0.39, 0.29) is 12.6 Å². The highest BCUT2D eigenvalue weighted by molar-refractivity contribution is 5.73. The first-order valence-corrected chi connectivity index (χ1v) is 7.23. The molecule has 0 spiro atoms. The third-order valence-electron chi connectivity index (χ3n) is 3.18. The molecule has 0 amide bonds. The van der Waals surface area contributed by atoms with Crippen molar-refractivity contribution in [3.05, 3.63) is 0 Å². The molecule has 0 aromatic heterocycles. The van der Waals surface area contributed by atoms with Crippen molar-refractivity contribution in [3.63, 3.8) is 0 Å². The summed E-state index contributed by atoms with van der Waals surface area (Å²) in [6, 6.07) is 0. The number of aliphatic hydroxyl groups excluding tert-OH is 9. The molecule has 0 aromatic rings. The van der Waals surface area contributed by atoms with Crippen LogP contribution in [0.4, 0.5) is 0 Å². The number of aliphatic carboxylic acids is 2. The Morgan fingerprint density at radius 3 is 1.00 bits per heavy atom. The molecule has 9 atom stereocenters. The third-order valence-corrected chi connectivity index (χ3v) is 3.18. The van der Waals surface area contributed by atoms with Gasteiger partial charge in [0.2, 0.25) is 0 Å². The number of carboxylic acids is 2. The standard InChI is InChI=1S/C7H12O8.C6H10O7/c8-1-2(9)3(10)4(11)5(12)6(13)7(14)15;7-1-2(8)3(9)4(10)5(11)6(12)13/h1-6,9-13H,(H,14,15);1-5,8-11H,(H,12,13)/t2-,3+,4+,5-,6?;2-,3+,4+,5-/m00/s1. The van der Waals surface area contributed by atoms with Crippen LogP contribution in [0.1, 0.15) is 0 Å². The highest BCUT2D eigenvalue weighted by Crippen LogP contribution is 2.08. The molecule has 0 radical (unpaired) electrons. The average Bonchev–Trinajstić information content (AvgIpc) is 2.68. The van der Waals surface area contributed by atoms with Crippen LogP contribution in [0.2, 0.25) is 0 Å². The summed E-state index contributed by atoms with van der Waals surface area (Å²) in [5.74, 6) is -3.57. The maximum Gasteiger partial charge on any atom is 0.335 e. The third kappa shape index (κ3) is 8.74. The van der Waals surface area contributed by atoms with Gasteiger partial charge in [-0.15, -0.1) is 0 Å². The summed E-state index contributed by atoms with van der Waals surface area (Å²) in [6.45, 7) is 0. The van der Waals surface area contributed by atoms with Crippen LogP contribution in [0, 0.1) is 0 Å². The molecule has 0 aliphatic carbocycles. The summed E-state index contributed by atoms with van der Waals surface area (Å²) in [5, 5.41) is 96.0. The maximum atomic E-state index is 10.2. The van der Waals surface area contributed by atoms with E-state index in [1.807, 2.05) is 0 Å². The van der Waals surface area contributed by atoms with Gasteiger partial charge in [-0.3, -0.25) is 0 Å². The molecule has 11 N–H and O–H groups in total. The fraction of sp³-hybridized carbons (Fsp3) is 0.692. The van der Waals surface area contributed by atoms with E-state index in [0.29, 0.717) is 0 Å². The van der Waals surface area contributed by atoms with E-state index in [1.165, 1.54) is 0 Å². The van der Waals surface area contributed by atoms with Crippen LogP contribution in [0.5, 0.6) is 0 Å². The van der Waals surface area contributed by atoms with Gasteiger partial charge in [-0.05, 0) is 0 Å². The molecule has 1 unspecified atom stereocenters. The van der Waals surface area contributed by atoms with Crippen LogP contribution in [0.3, 0.4) is 0 Å². The molecule has 0 aliphatic rings. The lowest BCUT2D eigenvalue weighted by Gasteiger charge is -2.25. The van der Waals surface area contributed by atoms with Crippen molar-refractivity contribution in [1.82, 2.24) is 0 Å². The average molecular weight is 418 g/mol. The maximum absolute atomic E-state index is 10.2. The van der Waals surface area contributed by atoms with Crippen molar-refractivity contribution >= 4 is 24.5 Å². The first-order valence-electron chi connectivity index (χ1n) is 7.23. The van der Waals surface area contributed by atoms with Gasteiger partial charge < -0.3 is 65.8 Å². The molecule has 0 aromatic carbocycles. The lowest BCUT2D eigenvalue weighted by Crippen LogP contribution is -2.51. The second kappa shape index (κ2) is 13.2. The molecule has 0 heterocycles. The Morgan fingerprint density at radius 1 is 0.500 bits per heavy atom. The Bertz CT molecular complexity index is 510. The molecular weight excluding hydrogens is 396 g/mol. The van der Waals surface area contributed by atoms with Gasteiger partial charge in [0.1, 0.15) is 42.7 Å². The largest absolute Gasteiger partial charge is 0.479 e. The van der Waals surface area contributed by atoms with Crippen molar-refractivity contribution in [2.45, 2.75) is 54.9 Å². The van der Waals surface area contributed by atoms with Gasteiger partial charge in [0, 0.05) is 0 Å². The Balaban J connectivity index is 0. The van der Waals surface area contributed by atoms with Crippen molar-refractivity contribution < 1.29 is 75.3 Å². The van der Waals surface area contributed by atoms with E-state index in [2.05, 4.69) is 0 Å². The minimum Gasteiger partial charge on any atom is -0.479 e. The summed E-state index contributed by atoms with van der Waals surface area (Å²) in [6.07, 6.45) is -19.2. The highest BCUT2D eigenvalue weighted by atomic mass is 16.4. The number of carbonyl (C=O) groups is 4. The summed E-state index contributed by atoms with van der Waals surface area (Å²) in [5.41, 5.74) is 0. The molecule has 0 bridgehead atoms. The molecule has 0 saturated carbocycles. The Labute approximate surface area is 156 Å². The Hall–Kier alpha value is -2.08. The van der Waals surface area contributed by atoms with Crippen LogP contribution >= 0.6 is 0 Å². The second-order valence-electron chi connectivity index (χ2n) is 5.27. The molecule has 0 fully saturated rings. The lowest BCUT2D eigenvalue weighted by molar-refractivity contribution is -0.168. The highest BCUT2D eigenvalue weighted by Gasteiger charge is 2.37. The number of rotatable bonds is 11. The summed E-state index contributed by atoms with van der Waals surface area (Å²) in [4.78, 5) is 40.1. The van der Waals surface area contributed by atoms with Crippen LogP contribution in [0.15, 0.2) is 0 Å². The minimum absolute atomic E-state index is 0.0809. The van der Waals surface area contributed by atoms with Gasteiger partial charge in [0.05, 0.1) is 0 Å². The lowest BCUT2D eigenvalue weighted by atomic mass is 10.00. The molecule has 28 heavy (non-hydrogen) atoms. The summed E-state index contributed by atoms with van der Waals surface area (Å²) >= 11 is 0. The molecule has 0 saturated heterocycles. The number of hydrogen-bond donors (Lipinski definition) is 11. The molecule has 0 aliphatic heterocycles. The van der Waals surface area contributed by atoms with E-state index in [1.54, 1.807) is 0 Å². The predicted octanol–water partition coefficient (Wildman–Crippen LogP) is -7.21. The number of carboxylic acid groups (broad SMARTS) is 2. The Morgan fingerprint density at radius 2 is 0.750 bits per heavy atom. The summed E-state index contributed by atoms with van der Waals surface area (Å²) in [7, 11) is 0. The van der Waals surface area contributed by atoms with Crippen molar-refractivity contribution in [3.8, 4) is 0 Å². The normalized spacial score (nSPS) is 20.6. The van der Waals surface area contributed by atoms with Crippen molar-refractivity contribution in [2.24, 2.45) is 0 Å². The van der Waals surface area contributed by atoms with Gasteiger partial charge in [-0.1, -0.05) is 0 Å². The minimum atomic E-state index is -2.33. The van der Waals surface area contributed by atoms with E-state index in [0.717, 1.165) is 0 Å². The van der Waals surface area contributed by atoms with Gasteiger partial charge in [0.15, 0.2) is 24.8 Å². The summed E-state index contributed by atoms with van der Waals surface area (Å²) < 4.78 is 0. The van der Waals surface area contributed by atoms with Crippen molar-refractivity contribution in [2.75, 3.05) is 0 Å². The molecular formula is C13H22O15. The van der Waals surface area contributed by atoms with Gasteiger partial charge in [0.25, 0.3) is 0 Å². The number of aldehydes is 2. The zero-order chi connectivity index (χ0) is 22.8. The van der Waals surface area contributed by atoms with Gasteiger partial charge in [-0.25, -0.2) is 9.59 Å². The van der Waals surface area contributed by atoms with E-state index < -0.39 is 66.9 Å². The van der Waals surface area contributed by atoms with Crippen LogP contribution in [-0.2, 0) is 19.2 Å². The van der Waals surface area contributed by atoms with Crippen molar-refractivity contribution in [1.29, 1.82) is 0 Å². The van der Waals surface area contributed by atoms with Crippen LogP contribution in [0.25, 0.3) is 0 Å². The molecule has 15 heteroatoms. The number of aliphatic hydroxyl groups is 9. The van der Waals surface area contributed by atoms with E-state index in [4.69, 9.17) is 56.2 Å². The monoisotopic (exact) mass is 418 g/mol. The van der Waals surface area contributed by atoms with Gasteiger partial charge in [-0.2, -0.15) is 0 Å². The van der Waals surface area contributed by atoms with Crippen LogP contribution < -0.4 is 0 Å². The molecule has 0 rings (SSSR count). The predicted molar refractivity (Wildman–Crippen MR) is 81.5 cm³/mol. The quantitative estimate of drug-likeness (QED) is 0.139. The Kier molecular flexibility index (Phi) is 13.2. The smallest absolute Gasteiger partial charge is 0.335 e. The molecule has 15 nitrogen and oxygen atoms in total. The first-order chi connectivity index (χ1) is 12.7. The SMILES string of the molecule is O=C[C@H](O)[C@@H](O)[C@@H](O)[C@H](O)C(=O)O.O=C[C@H](O)[C@@H](O)[C@@H](O)[C@H](O)C(O)C(=O)O. The second-order valence-corrected chi connectivity index (χ2v) is 5.27. The van der Waals surface area contributed by atoms with Gasteiger partial charge >= 0.3 is 11.9 Å². The first kappa shape index (κ1) is 28.1. The van der Waals surface area contributed by atoms with Crippen LogP contribution in [-0.4, -0.2) is 136 Å². The number of carbonyl (C=O) groups excluding carboxylic acids is 2. The zero-order valence-corrected chi connectivity index (χ0v) is 13.9. The fourth-order valence-electron chi connectivity index (χ4n) is 1.43. The topological polar surface area (TPSA) is 291 Å². The van der Waals surface area contributed by atoms with E-state index >= 15 is 0 Å². The molecule has 164 valence electrons. The zero-order valence-electron chi connectivity index (χ0n) is 13.9. The number of hydrogen-bond acceptors (Lipinski definition) is 13. The van der Waals surface area contributed by atoms with E-state index in [9.17, 15) is 19.2 Å². The fourth-order valence-corrected chi connectivity index (χ4v) is 1.43.